The van der Waals surface area contributed by atoms with Crippen LogP contribution in [0.25, 0.3) is 0 Å². The van der Waals surface area contributed by atoms with Gasteiger partial charge in [-0.3, -0.25) is 0 Å². The average Bonchev–Trinajstić information content (AvgIpc) is 0.811. The molecule has 0 aromatic rings. The molecule has 39 valence electrons. The zero-order chi connectivity index (χ0) is 3.58. The molecule has 3 nitrogen and oxygen atoms in total. The quantitative estimate of drug-likeness (QED) is 0.406. The van der Waals surface area contributed by atoms with Crippen molar-refractivity contribution < 1.29 is 34.4 Å². The van der Waals surface area contributed by atoms with Crippen molar-refractivity contribution in [3.63, 3.8) is 0 Å². The molecule has 0 fully saturated rings. The Morgan fingerprint density at radius 3 is 1.67 bits per heavy atom. The van der Waals surface area contributed by atoms with Gasteiger partial charge in [0, 0.05) is 21.1 Å². The van der Waals surface area contributed by atoms with Gasteiger partial charge >= 0.3 is 32.5 Å². The van der Waals surface area contributed by atoms with E-state index in [-0.39, 0.29) is 26.5 Å². The SMILES string of the molecule is O.O=[As](O)[S-].[Mo]. The first-order valence-electron chi connectivity index (χ1n) is 0.565. The Kier molecular flexibility index (Phi) is 25.0. The Morgan fingerprint density at radius 2 is 1.67 bits per heavy atom. The molecule has 0 amide bonds. The van der Waals surface area contributed by atoms with E-state index in [1.807, 2.05) is 0 Å². The zero-order valence-corrected chi connectivity index (χ0v) is 7.32. The van der Waals surface area contributed by atoms with E-state index in [0.29, 0.717) is 0 Å². The van der Waals surface area contributed by atoms with E-state index in [1.54, 1.807) is 0 Å². The molecule has 0 aliphatic rings. The van der Waals surface area contributed by atoms with Crippen molar-refractivity contribution >= 4 is 24.7 Å². The van der Waals surface area contributed by atoms with Crippen LogP contribution in [0.2, 0.25) is 0 Å². The van der Waals surface area contributed by atoms with Crippen LogP contribution in [0.15, 0.2) is 0 Å². The van der Waals surface area contributed by atoms with Crippen LogP contribution in [-0.2, 0) is 35.7 Å². The second-order valence-electron chi connectivity index (χ2n) is 0.238. The summed E-state index contributed by atoms with van der Waals surface area (Å²) in [5, 5.41) is 0. The fourth-order valence-electron chi connectivity index (χ4n) is 0. The van der Waals surface area contributed by atoms with Crippen LogP contribution in [0.5, 0.6) is 0 Å². The van der Waals surface area contributed by atoms with Crippen molar-refractivity contribution in [2.75, 3.05) is 0 Å². The molecule has 0 saturated carbocycles. The van der Waals surface area contributed by atoms with Gasteiger partial charge in [-0.2, -0.15) is 0 Å². The molecule has 0 saturated heterocycles. The summed E-state index contributed by atoms with van der Waals surface area (Å²) < 4.78 is 16.5. The molecule has 0 aliphatic carbocycles. The fourth-order valence-corrected chi connectivity index (χ4v) is 0. The van der Waals surface area contributed by atoms with Crippen molar-refractivity contribution in [1.29, 1.82) is 0 Å². The molecule has 0 aromatic heterocycles. The van der Waals surface area contributed by atoms with Crippen LogP contribution < -0.4 is 0 Å². The first-order chi connectivity index (χ1) is 1.73. The van der Waals surface area contributed by atoms with E-state index < -0.39 is 13.8 Å². The van der Waals surface area contributed by atoms with Crippen LogP contribution in [0.3, 0.4) is 0 Å². The maximum absolute atomic E-state index is 9.04. The molecule has 6 heteroatoms. The van der Waals surface area contributed by atoms with E-state index in [4.69, 9.17) is 7.84 Å². The summed E-state index contributed by atoms with van der Waals surface area (Å²) >= 11 is -2.85. The molecule has 0 spiro atoms. The smallest absolute Gasteiger partial charge is 0 e. The monoisotopic (exact) mass is 256 g/mol. The second kappa shape index (κ2) is 9.58. The van der Waals surface area contributed by atoms with Crippen LogP contribution in [-0.4, -0.2) is 23.3 Å². The van der Waals surface area contributed by atoms with Crippen molar-refractivity contribution in [2.24, 2.45) is 0 Å². The molecule has 1 unspecified atom stereocenters. The molecule has 1 radical (unpaired) electrons. The molecule has 0 aromatic carbocycles. The Labute approximate surface area is 58.9 Å². The van der Waals surface area contributed by atoms with Gasteiger partial charge in [-0.05, 0) is 0 Å². The summed E-state index contributed by atoms with van der Waals surface area (Å²) in [6.45, 7) is 0. The van der Waals surface area contributed by atoms with Gasteiger partial charge in [-0.1, -0.05) is 0 Å². The Balaban J connectivity index is -0.0000000450. The maximum Gasteiger partial charge on any atom is 0 e. The van der Waals surface area contributed by atoms with E-state index >= 15 is 0 Å². The summed E-state index contributed by atoms with van der Waals surface area (Å²) in [6.07, 6.45) is 0. The number of hydrogen-bond acceptors (Lipinski definition) is 2. The minimum atomic E-state index is -2.85. The summed E-state index contributed by atoms with van der Waals surface area (Å²) in [7, 11) is 3.77. The summed E-state index contributed by atoms with van der Waals surface area (Å²) in [5.41, 5.74) is 0. The van der Waals surface area contributed by atoms with Gasteiger partial charge in [0.05, 0.1) is 0 Å². The third-order valence-electron chi connectivity index (χ3n) is 0. The van der Waals surface area contributed by atoms with Gasteiger partial charge in [0.2, 0.25) is 0 Å². The molecule has 6 heavy (non-hydrogen) atoms. The molecule has 1 atom stereocenters. The van der Waals surface area contributed by atoms with Gasteiger partial charge in [0.25, 0.3) is 0 Å². The molecular weight excluding hydrogens is 251 g/mol. The predicted molar refractivity (Wildman–Crippen MR) is 19.6 cm³/mol. The van der Waals surface area contributed by atoms with Crippen molar-refractivity contribution in [3.8, 4) is 0 Å². The summed E-state index contributed by atoms with van der Waals surface area (Å²) in [4.78, 5) is 0. The molecule has 0 bridgehead atoms. The molecule has 0 rings (SSSR count). The zero-order valence-electron chi connectivity index (χ0n) is 2.62. The molecule has 0 heterocycles. The van der Waals surface area contributed by atoms with Gasteiger partial charge in [0.1, 0.15) is 0 Å². The molecule has 0 aliphatic heterocycles. The summed E-state index contributed by atoms with van der Waals surface area (Å²) in [5.74, 6) is 0. The number of hydrogen-bond donors (Lipinski definition) is 1. The predicted octanol–water partition coefficient (Wildman–Crippen LogP) is -1.89. The van der Waals surface area contributed by atoms with Crippen LogP contribution in [0.4, 0.5) is 0 Å². The fraction of sp³-hybridized carbons (Fsp3) is 0. The topological polar surface area (TPSA) is 68.8 Å². The minimum Gasteiger partial charge on any atom is 0 e. The average molecular weight is 254 g/mol. The van der Waals surface area contributed by atoms with Gasteiger partial charge in [-0.25, -0.2) is 0 Å². The summed E-state index contributed by atoms with van der Waals surface area (Å²) in [6, 6.07) is 0. The van der Waals surface area contributed by atoms with E-state index in [2.05, 4.69) is 10.9 Å². The van der Waals surface area contributed by atoms with Crippen LogP contribution >= 0.6 is 0 Å². The van der Waals surface area contributed by atoms with Crippen LogP contribution in [0, 0.1) is 0 Å². The molecular formula is H3AsMoO3S-. The van der Waals surface area contributed by atoms with Gasteiger partial charge in [-0.15, -0.1) is 0 Å². The van der Waals surface area contributed by atoms with E-state index in [0.717, 1.165) is 0 Å². The second-order valence-corrected chi connectivity index (χ2v) is 2.86. The maximum atomic E-state index is 9.04. The van der Waals surface area contributed by atoms with Gasteiger partial charge < -0.3 is 5.48 Å². The standard InChI is InChI=1S/AsHO2S.Mo.H2O/c2-1(3)4;;/h(H-,2,3,4);;1H2/q-1;;. The largest absolute Gasteiger partial charge is 0 e. The third-order valence-corrected chi connectivity index (χ3v) is 0. The van der Waals surface area contributed by atoms with Crippen molar-refractivity contribution in [3.05, 3.63) is 0 Å². The van der Waals surface area contributed by atoms with Crippen molar-refractivity contribution in [2.45, 2.75) is 0 Å². The number of rotatable bonds is 0. The Bertz CT molecular complexity index is 33.8. The first kappa shape index (κ1) is 15.7. The third kappa shape index (κ3) is 57.1. The van der Waals surface area contributed by atoms with Crippen molar-refractivity contribution in [1.82, 2.24) is 0 Å². The van der Waals surface area contributed by atoms with Crippen LogP contribution in [0.1, 0.15) is 0 Å². The molecule has 3 N–H and O–H groups in total. The Morgan fingerprint density at radius 1 is 1.67 bits per heavy atom. The minimum absolute atomic E-state index is 0. The van der Waals surface area contributed by atoms with E-state index in [1.165, 1.54) is 0 Å². The Hall–Kier alpha value is 1.32. The van der Waals surface area contributed by atoms with E-state index in [9.17, 15) is 0 Å². The normalized spacial score (nSPS) is 7.33. The first-order valence-corrected chi connectivity index (χ1v) is 4.83. The van der Waals surface area contributed by atoms with Gasteiger partial charge in [0.15, 0.2) is 0 Å².